The number of fused-ring (bicyclic) bond motifs is 1. The molecule has 3 aromatic rings. The molecular formula is C19H11BrF6N2O2. The second kappa shape index (κ2) is 8.13. The molecule has 0 bridgehead atoms. The fraction of sp³-hybridized carbons (Fsp3) is 0.158. The lowest BCUT2D eigenvalue weighted by Gasteiger charge is -2.25. The van der Waals surface area contributed by atoms with Crippen molar-refractivity contribution in [1.29, 1.82) is 0 Å². The number of hydrogen-bond donors (Lipinski definition) is 1. The largest absolute Gasteiger partial charge is 0.471 e. The van der Waals surface area contributed by atoms with Crippen molar-refractivity contribution in [3.8, 4) is 5.75 Å². The first-order chi connectivity index (χ1) is 14.0. The second-order valence-electron chi connectivity index (χ2n) is 6.02. The van der Waals surface area contributed by atoms with Gasteiger partial charge in [0.15, 0.2) is 0 Å². The maximum absolute atomic E-state index is 13.0. The second-order valence-corrected chi connectivity index (χ2v) is 6.88. The molecule has 2 aromatic carbocycles. The zero-order valence-electron chi connectivity index (χ0n) is 14.7. The Bertz CT molecular complexity index is 1060. The predicted octanol–water partition coefficient (Wildman–Crippen LogP) is 6.12. The molecule has 1 aromatic heterocycles. The van der Waals surface area contributed by atoms with Gasteiger partial charge in [0.05, 0.1) is 5.69 Å². The zero-order valence-corrected chi connectivity index (χ0v) is 16.3. The maximum Gasteiger partial charge on any atom is 0.434 e. The molecule has 0 fully saturated rings. The highest BCUT2D eigenvalue weighted by molar-refractivity contribution is 9.10. The van der Waals surface area contributed by atoms with Gasteiger partial charge >= 0.3 is 12.4 Å². The number of carbonyl (C=O) groups excluding carboxylic acids is 1. The normalized spacial score (nSPS) is 12.3. The van der Waals surface area contributed by atoms with E-state index in [2.05, 4.69) is 31.0 Å². The summed E-state index contributed by atoms with van der Waals surface area (Å²) in [7, 11) is 0. The number of rotatable bonds is 4. The first-order valence-electron chi connectivity index (χ1n) is 8.22. The molecule has 158 valence electrons. The monoisotopic (exact) mass is 492 g/mol. The Hall–Kier alpha value is -2.82. The van der Waals surface area contributed by atoms with Gasteiger partial charge in [0.2, 0.25) is 0 Å². The molecule has 0 aliphatic heterocycles. The van der Waals surface area contributed by atoms with Gasteiger partial charge in [-0.1, -0.05) is 34.1 Å². The Morgan fingerprint density at radius 3 is 2.27 bits per heavy atom. The minimum absolute atomic E-state index is 0.00966. The number of halogens is 7. The number of aromatic nitrogens is 1. The molecule has 0 radical (unpaired) electrons. The molecule has 11 heteroatoms. The summed E-state index contributed by atoms with van der Waals surface area (Å²) in [6, 6.07) is 11.0. The van der Waals surface area contributed by atoms with Crippen LogP contribution in [0, 0.1) is 0 Å². The van der Waals surface area contributed by atoms with Crippen molar-refractivity contribution in [3.05, 3.63) is 64.9 Å². The van der Waals surface area contributed by atoms with Gasteiger partial charge in [-0.15, -0.1) is 0 Å². The standard InChI is InChI=1S/C19H11BrF6N2O2/c20-11-7-8-14(30-17(18(21,22)23)19(24,25)26)15-10(11)4-3-6-12(15)28-16(29)13-5-1-2-9-27-13/h1-9,17H,(H,28,29). The molecule has 1 amide bonds. The van der Waals surface area contributed by atoms with Crippen molar-refractivity contribution in [2.45, 2.75) is 18.5 Å². The van der Waals surface area contributed by atoms with E-state index in [4.69, 9.17) is 0 Å². The van der Waals surface area contributed by atoms with Crippen LogP contribution in [0.1, 0.15) is 10.5 Å². The molecule has 1 N–H and O–H groups in total. The number of anilines is 1. The summed E-state index contributed by atoms with van der Waals surface area (Å²) >= 11 is 3.20. The number of ether oxygens (including phenoxy) is 1. The third-order valence-corrected chi connectivity index (χ3v) is 4.63. The molecule has 3 rings (SSSR count). The van der Waals surface area contributed by atoms with Gasteiger partial charge in [-0.2, -0.15) is 26.3 Å². The number of benzene rings is 2. The molecule has 0 saturated heterocycles. The van der Waals surface area contributed by atoms with Crippen LogP contribution < -0.4 is 10.1 Å². The number of pyridine rings is 1. The minimum Gasteiger partial charge on any atom is -0.471 e. The van der Waals surface area contributed by atoms with E-state index >= 15 is 0 Å². The quantitative estimate of drug-likeness (QED) is 0.446. The van der Waals surface area contributed by atoms with Crippen LogP contribution >= 0.6 is 15.9 Å². The van der Waals surface area contributed by atoms with Gasteiger partial charge in [0, 0.05) is 21.4 Å². The lowest BCUT2D eigenvalue weighted by atomic mass is 10.1. The van der Waals surface area contributed by atoms with Gasteiger partial charge in [0.1, 0.15) is 11.4 Å². The van der Waals surface area contributed by atoms with Crippen LogP contribution in [-0.2, 0) is 0 Å². The van der Waals surface area contributed by atoms with Crippen molar-refractivity contribution in [2.24, 2.45) is 0 Å². The fourth-order valence-corrected chi connectivity index (χ4v) is 3.13. The zero-order chi connectivity index (χ0) is 22.1. The van der Waals surface area contributed by atoms with Crippen LogP contribution in [0.3, 0.4) is 0 Å². The third kappa shape index (κ3) is 4.66. The van der Waals surface area contributed by atoms with E-state index in [9.17, 15) is 31.1 Å². The average molecular weight is 493 g/mol. The molecule has 4 nitrogen and oxygen atoms in total. The number of carbonyl (C=O) groups is 1. The Kier molecular flexibility index (Phi) is 5.93. The van der Waals surface area contributed by atoms with Crippen LogP contribution in [0.5, 0.6) is 5.75 Å². The Morgan fingerprint density at radius 2 is 1.67 bits per heavy atom. The van der Waals surface area contributed by atoms with Crippen LogP contribution in [0.4, 0.5) is 32.0 Å². The lowest BCUT2D eigenvalue weighted by Crippen LogP contribution is -2.46. The molecule has 0 unspecified atom stereocenters. The van der Waals surface area contributed by atoms with Crippen LogP contribution in [0.15, 0.2) is 59.2 Å². The highest BCUT2D eigenvalue weighted by atomic mass is 79.9. The van der Waals surface area contributed by atoms with Gasteiger partial charge in [-0.05, 0) is 30.3 Å². The highest BCUT2D eigenvalue weighted by Gasteiger charge is 2.59. The minimum atomic E-state index is -5.69. The summed E-state index contributed by atoms with van der Waals surface area (Å²) in [4.78, 5) is 16.3. The topological polar surface area (TPSA) is 51.2 Å². The van der Waals surface area contributed by atoms with Gasteiger partial charge in [0.25, 0.3) is 12.0 Å². The number of nitrogens with zero attached hydrogens (tertiary/aromatic N) is 1. The van der Waals surface area contributed by atoms with Crippen molar-refractivity contribution in [2.75, 3.05) is 5.32 Å². The summed E-state index contributed by atoms with van der Waals surface area (Å²) < 4.78 is 82.7. The molecule has 1 heterocycles. The molecule has 30 heavy (non-hydrogen) atoms. The average Bonchev–Trinajstić information content (AvgIpc) is 2.66. The summed E-state index contributed by atoms with van der Waals surface area (Å²) in [5.41, 5.74) is -0.0296. The van der Waals surface area contributed by atoms with Gasteiger partial charge in [-0.3, -0.25) is 9.78 Å². The first-order valence-corrected chi connectivity index (χ1v) is 9.01. The number of alkyl halides is 6. The molecule has 0 atom stereocenters. The smallest absolute Gasteiger partial charge is 0.434 e. The van der Waals surface area contributed by atoms with E-state index in [0.717, 1.165) is 6.07 Å². The summed E-state index contributed by atoms with van der Waals surface area (Å²) in [5, 5.41) is 2.57. The Labute approximate surface area is 174 Å². The summed E-state index contributed by atoms with van der Waals surface area (Å²) in [5.74, 6) is -1.39. The molecule has 0 aliphatic rings. The number of amides is 1. The van der Waals surface area contributed by atoms with E-state index < -0.39 is 30.1 Å². The van der Waals surface area contributed by atoms with E-state index in [1.165, 1.54) is 36.5 Å². The summed E-state index contributed by atoms with van der Waals surface area (Å²) in [6.07, 6.45) is -14.1. The fourth-order valence-electron chi connectivity index (χ4n) is 2.67. The van der Waals surface area contributed by atoms with E-state index in [-0.39, 0.29) is 22.2 Å². The maximum atomic E-state index is 13.0. The molecule has 0 saturated carbocycles. The first kappa shape index (κ1) is 21.9. The van der Waals surface area contributed by atoms with Crippen LogP contribution in [-0.4, -0.2) is 29.3 Å². The highest BCUT2D eigenvalue weighted by Crippen LogP contribution is 2.42. The van der Waals surface area contributed by atoms with E-state index in [1.807, 2.05) is 0 Å². The molecular weight excluding hydrogens is 482 g/mol. The third-order valence-electron chi connectivity index (χ3n) is 3.93. The van der Waals surface area contributed by atoms with E-state index in [0.29, 0.717) is 4.47 Å². The Balaban J connectivity index is 2.10. The van der Waals surface area contributed by atoms with Crippen LogP contribution in [0.25, 0.3) is 10.8 Å². The number of nitrogens with one attached hydrogen (secondary N) is 1. The van der Waals surface area contributed by atoms with Crippen molar-refractivity contribution < 1.29 is 35.9 Å². The van der Waals surface area contributed by atoms with Crippen molar-refractivity contribution in [3.63, 3.8) is 0 Å². The predicted molar refractivity (Wildman–Crippen MR) is 100 cm³/mol. The molecule has 0 spiro atoms. The van der Waals surface area contributed by atoms with Crippen molar-refractivity contribution in [1.82, 2.24) is 4.98 Å². The summed E-state index contributed by atoms with van der Waals surface area (Å²) in [6.45, 7) is 0. The van der Waals surface area contributed by atoms with E-state index in [1.54, 1.807) is 12.1 Å². The molecule has 0 aliphatic carbocycles. The van der Waals surface area contributed by atoms with Crippen LogP contribution in [0.2, 0.25) is 0 Å². The van der Waals surface area contributed by atoms with Gasteiger partial charge in [-0.25, -0.2) is 0 Å². The number of hydrogen-bond acceptors (Lipinski definition) is 3. The lowest BCUT2D eigenvalue weighted by molar-refractivity contribution is -0.299. The SMILES string of the molecule is O=C(Nc1cccc2c(Br)ccc(OC(C(F)(F)F)C(F)(F)F)c12)c1ccccn1. The Morgan fingerprint density at radius 1 is 0.967 bits per heavy atom. The van der Waals surface area contributed by atoms with Crippen molar-refractivity contribution >= 4 is 38.3 Å². The van der Waals surface area contributed by atoms with Gasteiger partial charge < -0.3 is 10.1 Å².